The molecule has 0 atom stereocenters. The van der Waals surface area contributed by atoms with Gasteiger partial charge in [-0.3, -0.25) is 9.97 Å². The van der Waals surface area contributed by atoms with E-state index >= 15 is 0 Å². The zero-order valence-corrected chi connectivity index (χ0v) is 15.6. The number of nitrogens with zero attached hydrogens (tertiary/aromatic N) is 5. The smallest absolute Gasteiger partial charge is 0.147 e. The van der Waals surface area contributed by atoms with Crippen LogP contribution in [0, 0.1) is 0 Å². The minimum absolute atomic E-state index is 0.937. The second-order valence-corrected chi connectivity index (χ2v) is 7.67. The number of thiophene rings is 1. The zero-order chi connectivity index (χ0) is 18.1. The van der Waals surface area contributed by atoms with E-state index in [9.17, 15) is 0 Å². The lowest BCUT2D eigenvalue weighted by molar-refractivity contribution is 0.646. The molecule has 1 saturated heterocycles. The van der Waals surface area contributed by atoms with Gasteiger partial charge in [-0.15, -0.1) is 11.3 Å². The maximum Gasteiger partial charge on any atom is 0.147 e. The van der Waals surface area contributed by atoms with Crippen LogP contribution in [0.2, 0.25) is 0 Å². The van der Waals surface area contributed by atoms with Crippen LogP contribution in [-0.4, -0.2) is 41.1 Å². The third-order valence-electron chi connectivity index (χ3n) is 4.93. The molecule has 0 bridgehead atoms. The van der Waals surface area contributed by atoms with Crippen molar-refractivity contribution in [1.29, 1.82) is 0 Å². The maximum absolute atomic E-state index is 4.91. The van der Waals surface area contributed by atoms with E-state index in [0.717, 1.165) is 37.7 Å². The first-order valence-corrected chi connectivity index (χ1v) is 9.89. The molecule has 3 aromatic heterocycles. The van der Waals surface area contributed by atoms with Gasteiger partial charge in [-0.25, -0.2) is 4.98 Å². The summed E-state index contributed by atoms with van der Waals surface area (Å²) >= 11 is 1.77. The van der Waals surface area contributed by atoms with E-state index in [0.29, 0.717) is 0 Å². The molecule has 1 aliphatic rings. The van der Waals surface area contributed by atoms with Gasteiger partial charge in [0.2, 0.25) is 0 Å². The molecule has 4 heterocycles. The van der Waals surface area contributed by atoms with E-state index in [-0.39, 0.29) is 0 Å². The minimum atomic E-state index is 0.937. The quantitative estimate of drug-likeness (QED) is 0.541. The predicted octanol–water partition coefficient (Wildman–Crippen LogP) is 4.08. The fourth-order valence-corrected chi connectivity index (χ4v) is 4.50. The molecule has 5 nitrogen and oxygen atoms in total. The van der Waals surface area contributed by atoms with Crippen molar-refractivity contribution in [2.75, 3.05) is 36.0 Å². The van der Waals surface area contributed by atoms with Crippen molar-refractivity contribution in [3.05, 3.63) is 67.3 Å². The molecule has 0 radical (unpaired) electrons. The lowest BCUT2D eigenvalue weighted by Crippen LogP contribution is -2.46. The number of rotatable bonds is 3. The van der Waals surface area contributed by atoms with Gasteiger partial charge in [0, 0.05) is 49.0 Å². The van der Waals surface area contributed by atoms with Gasteiger partial charge >= 0.3 is 0 Å². The maximum atomic E-state index is 4.91. The van der Waals surface area contributed by atoms with Crippen LogP contribution < -0.4 is 9.80 Å². The Morgan fingerprint density at radius 3 is 2.41 bits per heavy atom. The third-order valence-corrected chi connectivity index (χ3v) is 6.07. The first kappa shape index (κ1) is 16.2. The molecule has 0 amide bonds. The number of benzene rings is 1. The monoisotopic (exact) mass is 373 g/mol. The second-order valence-electron chi connectivity index (χ2n) is 6.59. The Hall–Kier alpha value is -2.99. The molecule has 4 aromatic rings. The van der Waals surface area contributed by atoms with Crippen LogP contribution in [0.4, 0.5) is 11.5 Å². The number of hydrogen-bond acceptors (Lipinski definition) is 6. The number of pyridine rings is 1. The molecule has 1 aromatic carbocycles. The number of anilines is 2. The summed E-state index contributed by atoms with van der Waals surface area (Å²) in [6.07, 6.45) is 7.43. The highest BCUT2D eigenvalue weighted by Gasteiger charge is 2.19. The average Bonchev–Trinajstić information content (AvgIpc) is 3.19. The van der Waals surface area contributed by atoms with E-state index in [4.69, 9.17) is 4.98 Å². The van der Waals surface area contributed by atoms with Gasteiger partial charge in [0.15, 0.2) is 0 Å². The molecule has 0 aliphatic carbocycles. The van der Waals surface area contributed by atoms with Gasteiger partial charge in [-0.1, -0.05) is 18.2 Å². The molecule has 0 spiro atoms. The molecule has 5 rings (SSSR count). The Morgan fingerprint density at radius 1 is 0.815 bits per heavy atom. The predicted molar refractivity (Wildman–Crippen MR) is 112 cm³/mol. The molecule has 6 heteroatoms. The van der Waals surface area contributed by atoms with Crippen LogP contribution in [-0.2, 0) is 0 Å². The topological polar surface area (TPSA) is 45.2 Å². The zero-order valence-electron chi connectivity index (χ0n) is 14.8. The molecule has 27 heavy (non-hydrogen) atoms. The molecule has 0 N–H and O–H groups in total. The second kappa shape index (κ2) is 6.96. The van der Waals surface area contributed by atoms with Crippen molar-refractivity contribution in [2.45, 2.75) is 0 Å². The van der Waals surface area contributed by atoms with Crippen molar-refractivity contribution in [2.24, 2.45) is 0 Å². The van der Waals surface area contributed by atoms with Crippen LogP contribution in [0.25, 0.3) is 20.7 Å². The Morgan fingerprint density at radius 2 is 1.59 bits per heavy atom. The van der Waals surface area contributed by atoms with E-state index in [1.807, 2.05) is 24.8 Å². The minimum Gasteiger partial charge on any atom is -0.368 e. The summed E-state index contributed by atoms with van der Waals surface area (Å²) in [4.78, 5) is 19.4. The third kappa shape index (κ3) is 3.24. The lowest BCUT2D eigenvalue weighted by Gasteiger charge is -2.36. The molecule has 0 saturated carbocycles. The highest BCUT2D eigenvalue weighted by molar-refractivity contribution is 7.22. The molecule has 0 unspecified atom stereocenters. The number of piperazine rings is 1. The highest BCUT2D eigenvalue weighted by atomic mass is 32.1. The van der Waals surface area contributed by atoms with Crippen LogP contribution >= 0.6 is 11.3 Å². The summed E-state index contributed by atoms with van der Waals surface area (Å²) in [6.45, 7) is 3.82. The summed E-state index contributed by atoms with van der Waals surface area (Å²) in [6, 6.07) is 14.8. The van der Waals surface area contributed by atoms with Gasteiger partial charge in [0.25, 0.3) is 0 Å². The van der Waals surface area contributed by atoms with Crippen molar-refractivity contribution in [1.82, 2.24) is 15.0 Å². The SMILES string of the molecule is c1ccc2sc(-c3cncc(N4CCN(c5ccncc5)CC4)n3)cc2c1. The van der Waals surface area contributed by atoms with Gasteiger partial charge < -0.3 is 9.80 Å². The van der Waals surface area contributed by atoms with Gasteiger partial charge in [0.1, 0.15) is 11.5 Å². The Labute approximate surface area is 162 Å². The average molecular weight is 373 g/mol. The fourth-order valence-electron chi connectivity index (χ4n) is 3.48. The van der Waals surface area contributed by atoms with Crippen molar-refractivity contribution in [3.63, 3.8) is 0 Å². The Balaban J connectivity index is 1.35. The van der Waals surface area contributed by atoms with E-state index in [1.54, 1.807) is 11.3 Å². The van der Waals surface area contributed by atoms with Crippen LogP contribution in [0.15, 0.2) is 67.3 Å². The lowest BCUT2D eigenvalue weighted by atomic mass is 10.2. The Bertz CT molecular complexity index is 1020. The summed E-state index contributed by atoms with van der Waals surface area (Å²) < 4.78 is 1.28. The van der Waals surface area contributed by atoms with Crippen LogP contribution in [0.5, 0.6) is 0 Å². The number of fused-ring (bicyclic) bond motifs is 1. The number of hydrogen-bond donors (Lipinski definition) is 0. The van der Waals surface area contributed by atoms with E-state index in [1.165, 1.54) is 20.7 Å². The molecular formula is C21H19N5S. The number of aromatic nitrogens is 3. The molecular weight excluding hydrogens is 354 g/mol. The first-order chi connectivity index (χ1) is 13.4. The summed E-state index contributed by atoms with van der Waals surface area (Å²) in [5.74, 6) is 0.958. The van der Waals surface area contributed by atoms with Gasteiger partial charge in [0.05, 0.1) is 17.3 Å². The van der Waals surface area contributed by atoms with Gasteiger partial charge in [-0.05, 0) is 29.7 Å². The van der Waals surface area contributed by atoms with Crippen LogP contribution in [0.1, 0.15) is 0 Å². The molecule has 1 aliphatic heterocycles. The summed E-state index contributed by atoms with van der Waals surface area (Å²) in [5.41, 5.74) is 2.18. The standard InChI is InChI=1S/C21H19N5S/c1-2-4-19-16(3-1)13-20(27-19)18-14-23-15-21(24-18)26-11-9-25(10-12-26)17-5-7-22-8-6-17/h1-8,13-15H,9-12H2. The molecule has 1 fully saturated rings. The highest BCUT2D eigenvalue weighted by Crippen LogP contribution is 2.32. The summed E-state index contributed by atoms with van der Waals surface area (Å²) in [7, 11) is 0. The van der Waals surface area contributed by atoms with E-state index < -0.39 is 0 Å². The largest absolute Gasteiger partial charge is 0.368 e. The first-order valence-electron chi connectivity index (χ1n) is 9.08. The van der Waals surface area contributed by atoms with Crippen LogP contribution in [0.3, 0.4) is 0 Å². The van der Waals surface area contributed by atoms with E-state index in [2.05, 4.69) is 62.2 Å². The van der Waals surface area contributed by atoms with Crippen molar-refractivity contribution < 1.29 is 0 Å². The van der Waals surface area contributed by atoms with Crippen molar-refractivity contribution >= 4 is 32.9 Å². The molecule has 134 valence electrons. The van der Waals surface area contributed by atoms with Gasteiger partial charge in [-0.2, -0.15) is 0 Å². The normalized spacial score (nSPS) is 14.7. The fraction of sp³-hybridized carbons (Fsp3) is 0.190. The summed E-state index contributed by atoms with van der Waals surface area (Å²) in [5, 5.41) is 1.26. The Kier molecular flexibility index (Phi) is 4.18. The van der Waals surface area contributed by atoms with Crippen molar-refractivity contribution in [3.8, 4) is 10.6 Å².